The maximum absolute atomic E-state index is 12.0. The fraction of sp³-hybridized carbons (Fsp3) is 0.188. The molecule has 0 aliphatic rings. The molecule has 110 valence electrons. The van der Waals surface area contributed by atoms with Crippen molar-refractivity contribution in [2.45, 2.75) is 6.54 Å². The summed E-state index contributed by atoms with van der Waals surface area (Å²) in [6, 6.07) is 15.3. The molecule has 3 nitrogen and oxygen atoms in total. The van der Waals surface area contributed by atoms with Crippen molar-refractivity contribution in [1.29, 1.82) is 0 Å². The Morgan fingerprint density at radius 3 is 2.52 bits per heavy atom. The summed E-state index contributed by atoms with van der Waals surface area (Å²) in [6.07, 6.45) is 0. The number of rotatable bonds is 5. The van der Waals surface area contributed by atoms with Crippen molar-refractivity contribution in [3.8, 4) is 0 Å². The van der Waals surface area contributed by atoms with E-state index in [4.69, 9.17) is 11.6 Å². The molecule has 0 aliphatic carbocycles. The number of benzene rings is 2. The summed E-state index contributed by atoms with van der Waals surface area (Å²) in [7, 11) is 1.91. The van der Waals surface area contributed by atoms with E-state index in [1.54, 1.807) is 12.1 Å². The average Bonchev–Trinajstić information content (AvgIpc) is 2.44. The van der Waals surface area contributed by atoms with E-state index < -0.39 is 0 Å². The number of hydrogen-bond acceptors (Lipinski definition) is 2. The molecular formula is C16H16BrClN2O. The van der Waals surface area contributed by atoms with Crippen LogP contribution in [-0.4, -0.2) is 24.4 Å². The molecule has 0 fully saturated rings. The van der Waals surface area contributed by atoms with Crippen LogP contribution in [0.1, 0.15) is 5.56 Å². The van der Waals surface area contributed by atoms with E-state index in [0.29, 0.717) is 23.8 Å². The molecule has 0 bridgehead atoms. The van der Waals surface area contributed by atoms with Gasteiger partial charge in [0.25, 0.3) is 0 Å². The SMILES string of the molecule is CN(CC(=O)Nc1ccccc1Cl)Cc1ccc(Br)cc1. The second kappa shape index (κ2) is 7.59. The van der Waals surface area contributed by atoms with Crippen LogP contribution in [0.4, 0.5) is 5.69 Å². The molecule has 0 aromatic heterocycles. The number of carbonyl (C=O) groups excluding carboxylic acids is 1. The fourth-order valence-electron chi connectivity index (χ4n) is 1.95. The number of likely N-dealkylation sites (N-methyl/N-ethyl adjacent to an activating group) is 1. The van der Waals surface area contributed by atoms with Gasteiger partial charge in [-0.1, -0.05) is 51.8 Å². The zero-order valence-corrected chi connectivity index (χ0v) is 14.0. The minimum atomic E-state index is -0.0808. The molecule has 2 aromatic carbocycles. The van der Waals surface area contributed by atoms with Crippen molar-refractivity contribution in [3.63, 3.8) is 0 Å². The topological polar surface area (TPSA) is 32.3 Å². The lowest BCUT2D eigenvalue weighted by atomic mass is 10.2. The molecule has 5 heteroatoms. The average molecular weight is 368 g/mol. The van der Waals surface area contributed by atoms with E-state index >= 15 is 0 Å². The highest BCUT2D eigenvalue weighted by Crippen LogP contribution is 2.20. The number of carbonyl (C=O) groups is 1. The van der Waals surface area contributed by atoms with Gasteiger partial charge in [-0.25, -0.2) is 0 Å². The molecule has 0 radical (unpaired) electrons. The number of nitrogens with zero attached hydrogens (tertiary/aromatic N) is 1. The Bertz CT molecular complexity index is 616. The van der Waals surface area contributed by atoms with Crippen LogP contribution in [0.25, 0.3) is 0 Å². The molecule has 21 heavy (non-hydrogen) atoms. The van der Waals surface area contributed by atoms with Gasteiger partial charge in [0.05, 0.1) is 17.3 Å². The smallest absolute Gasteiger partial charge is 0.238 e. The Morgan fingerprint density at radius 1 is 1.19 bits per heavy atom. The largest absolute Gasteiger partial charge is 0.324 e. The second-order valence-electron chi connectivity index (χ2n) is 4.83. The van der Waals surface area contributed by atoms with Crippen LogP contribution in [-0.2, 0) is 11.3 Å². The van der Waals surface area contributed by atoms with Crippen LogP contribution in [0.3, 0.4) is 0 Å². The molecule has 0 heterocycles. The molecule has 0 aliphatic heterocycles. The molecule has 0 atom stereocenters. The lowest BCUT2D eigenvalue weighted by molar-refractivity contribution is -0.117. The molecule has 1 amide bonds. The Morgan fingerprint density at radius 2 is 1.86 bits per heavy atom. The van der Waals surface area contributed by atoms with Gasteiger partial charge in [-0.3, -0.25) is 9.69 Å². The van der Waals surface area contributed by atoms with Gasteiger partial charge in [-0.15, -0.1) is 0 Å². The number of amides is 1. The van der Waals surface area contributed by atoms with Crippen LogP contribution in [0.5, 0.6) is 0 Å². The Kier molecular flexibility index (Phi) is 5.79. The van der Waals surface area contributed by atoms with Crippen molar-refractivity contribution in [2.75, 3.05) is 18.9 Å². The van der Waals surface area contributed by atoms with Crippen molar-refractivity contribution >= 4 is 39.1 Å². The first-order chi connectivity index (χ1) is 10.0. The number of anilines is 1. The van der Waals surface area contributed by atoms with Gasteiger partial charge in [0.2, 0.25) is 5.91 Å². The van der Waals surface area contributed by atoms with E-state index in [2.05, 4.69) is 21.2 Å². The molecule has 2 aromatic rings. The number of para-hydroxylation sites is 1. The van der Waals surface area contributed by atoms with E-state index in [9.17, 15) is 4.79 Å². The van der Waals surface area contributed by atoms with Crippen molar-refractivity contribution in [1.82, 2.24) is 4.90 Å². The van der Waals surface area contributed by atoms with Gasteiger partial charge >= 0.3 is 0 Å². The van der Waals surface area contributed by atoms with E-state index in [1.165, 1.54) is 0 Å². The number of halogens is 2. The lowest BCUT2D eigenvalue weighted by Gasteiger charge is -2.16. The standard InChI is InChI=1S/C16H16BrClN2O/c1-20(10-12-6-8-13(17)9-7-12)11-16(21)19-15-5-3-2-4-14(15)18/h2-9H,10-11H2,1H3,(H,19,21). The van der Waals surface area contributed by atoms with Gasteiger partial charge in [0, 0.05) is 11.0 Å². The molecule has 0 saturated heterocycles. The fourth-order valence-corrected chi connectivity index (χ4v) is 2.40. The minimum absolute atomic E-state index is 0.0808. The molecular weight excluding hydrogens is 352 g/mol. The van der Waals surface area contributed by atoms with Crippen LogP contribution in [0.2, 0.25) is 5.02 Å². The minimum Gasteiger partial charge on any atom is -0.324 e. The second-order valence-corrected chi connectivity index (χ2v) is 6.15. The molecule has 1 N–H and O–H groups in total. The summed E-state index contributed by atoms with van der Waals surface area (Å²) in [4.78, 5) is 14.0. The monoisotopic (exact) mass is 366 g/mol. The molecule has 2 rings (SSSR count). The van der Waals surface area contributed by atoms with Crippen LogP contribution in [0.15, 0.2) is 53.0 Å². The highest BCUT2D eigenvalue weighted by Gasteiger charge is 2.09. The van der Waals surface area contributed by atoms with E-state index in [0.717, 1.165) is 10.0 Å². The lowest BCUT2D eigenvalue weighted by Crippen LogP contribution is -2.29. The van der Waals surface area contributed by atoms with Gasteiger partial charge in [0.1, 0.15) is 0 Å². The predicted octanol–water partition coefficient (Wildman–Crippen LogP) is 4.17. The highest BCUT2D eigenvalue weighted by molar-refractivity contribution is 9.10. The zero-order valence-electron chi connectivity index (χ0n) is 11.6. The van der Waals surface area contributed by atoms with Crippen LogP contribution >= 0.6 is 27.5 Å². The highest BCUT2D eigenvalue weighted by atomic mass is 79.9. The van der Waals surface area contributed by atoms with Gasteiger partial charge in [-0.2, -0.15) is 0 Å². The normalized spacial score (nSPS) is 10.7. The zero-order chi connectivity index (χ0) is 15.2. The summed E-state index contributed by atoms with van der Waals surface area (Å²) in [5, 5.41) is 3.36. The Balaban J connectivity index is 1.87. The Hall–Kier alpha value is -1.36. The molecule has 0 saturated carbocycles. The van der Waals surface area contributed by atoms with Gasteiger partial charge in [0.15, 0.2) is 0 Å². The molecule has 0 unspecified atom stereocenters. The van der Waals surface area contributed by atoms with Gasteiger partial charge < -0.3 is 5.32 Å². The van der Waals surface area contributed by atoms with Crippen molar-refractivity contribution < 1.29 is 4.79 Å². The first-order valence-electron chi connectivity index (χ1n) is 6.52. The predicted molar refractivity (Wildman–Crippen MR) is 90.6 cm³/mol. The van der Waals surface area contributed by atoms with E-state index in [-0.39, 0.29) is 5.91 Å². The van der Waals surface area contributed by atoms with Crippen molar-refractivity contribution in [3.05, 3.63) is 63.6 Å². The molecule has 0 spiro atoms. The first kappa shape index (κ1) is 16.0. The van der Waals surface area contributed by atoms with Crippen LogP contribution in [0, 0.1) is 0 Å². The third-order valence-corrected chi connectivity index (χ3v) is 3.79. The maximum atomic E-state index is 12.0. The number of hydrogen-bond donors (Lipinski definition) is 1. The number of nitrogens with one attached hydrogen (secondary N) is 1. The third-order valence-electron chi connectivity index (χ3n) is 2.93. The summed E-state index contributed by atoms with van der Waals surface area (Å²) < 4.78 is 1.05. The van der Waals surface area contributed by atoms with Crippen molar-refractivity contribution in [2.24, 2.45) is 0 Å². The van der Waals surface area contributed by atoms with Crippen LogP contribution < -0.4 is 5.32 Å². The first-order valence-corrected chi connectivity index (χ1v) is 7.69. The van der Waals surface area contributed by atoms with E-state index in [1.807, 2.05) is 48.3 Å². The summed E-state index contributed by atoms with van der Waals surface area (Å²) in [5.74, 6) is -0.0808. The third kappa shape index (κ3) is 5.16. The maximum Gasteiger partial charge on any atom is 0.238 e. The Labute approximate surface area is 138 Å². The summed E-state index contributed by atoms with van der Waals surface area (Å²) in [5.41, 5.74) is 1.80. The van der Waals surface area contributed by atoms with Gasteiger partial charge in [-0.05, 0) is 36.9 Å². The quantitative estimate of drug-likeness (QED) is 0.860. The summed E-state index contributed by atoms with van der Waals surface area (Å²) >= 11 is 9.42. The summed E-state index contributed by atoms with van der Waals surface area (Å²) in [6.45, 7) is 1.02.